The van der Waals surface area contributed by atoms with Crippen LogP contribution < -0.4 is 10.6 Å². The van der Waals surface area contributed by atoms with Gasteiger partial charge in [-0.25, -0.2) is 0 Å². The molecule has 0 fully saturated rings. The highest BCUT2D eigenvalue weighted by Gasteiger charge is 2.33. The molecule has 0 aromatic heterocycles. The van der Waals surface area contributed by atoms with Gasteiger partial charge in [0.2, 0.25) is 0 Å². The summed E-state index contributed by atoms with van der Waals surface area (Å²) >= 11 is 5.48. The molecule has 0 aliphatic rings. The Morgan fingerprint density at radius 3 is 2.60 bits per heavy atom. The van der Waals surface area contributed by atoms with Crippen molar-refractivity contribution in [2.24, 2.45) is 0 Å². The normalized spacial score (nSPS) is 11.6. The number of halogens is 4. The summed E-state index contributed by atoms with van der Waals surface area (Å²) in [4.78, 5) is 22.2. The second-order valence-electron chi connectivity index (χ2n) is 4.77. The summed E-state index contributed by atoms with van der Waals surface area (Å²) in [6.45, 7) is 0.212. The van der Waals surface area contributed by atoms with E-state index in [-0.39, 0.29) is 30.6 Å². The molecule has 0 bridgehead atoms. The van der Waals surface area contributed by atoms with E-state index in [1.54, 1.807) is 6.07 Å². The van der Waals surface area contributed by atoms with Crippen LogP contribution in [0.1, 0.15) is 18.4 Å². The third kappa shape index (κ3) is 6.73. The molecule has 1 rings (SSSR count). The monoisotopic (exact) mass is 375 g/mol. The van der Waals surface area contributed by atoms with Gasteiger partial charge in [-0.2, -0.15) is 18.4 Å². The fourth-order valence-electron chi connectivity index (χ4n) is 1.68. The van der Waals surface area contributed by atoms with E-state index in [1.807, 2.05) is 0 Å². The van der Waals surface area contributed by atoms with Crippen LogP contribution in [0.4, 0.5) is 18.9 Å². The number of aliphatic carboxylic acids is 1. The first-order chi connectivity index (χ1) is 11.6. The van der Waals surface area contributed by atoms with Crippen molar-refractivity contribution < 1.29 is 27.9 Å². The molecule has 0 radical (unpaired) electrons. The number of carboxylic acids is 1. The van der Waals surface area contributed by atoms with Crippen LogP contribution in [0.15, 0.2) is 30.0 Å². The average molecular weight is 376 g/mol. The predicted octanol–water partition coefficient (Wildman–Crippen LogP) is 3.16. The van der Waals surface area contributed by atoms with E-state index in [0.717, 1.165) is 12.3 Å². The van der Waals surface area contributed by atoms with Crippen LogP contribution in [0.3, 0.4) is 0 Å². The number of nitrogens with one attached hydrogen (secondary N) is 2. The van der Waals surface area contributed by atoms with E-state index in [0.29, 0.717) is 6.07 Å². The number of carbonyl (C=O) groups excluding carboxylic acids is 1. The molecule has 1 aromatic carbocycles. The summed E-state index contributed by atoms with van der Waals surface area (Å²) in [5.74, 6) is -1.89. The van der Waals surface area contributed by atoms with Crippen LogP contribution in [0.5, 0.6) is 0 Å². The lowest BCUT2D eigenvalue weighted by Gasteiger charge is -2.11. The van der Waals surface area contributed by atoms with E-state index in [2.05, 4.69) is 10.6 Å². The van der Waals surface area contributed by atoms with E-state index >= 15 is 0 Å². The lowest BCUT2D eigenvalue weighted by Crippen LogP contribution is -2.18. The molecule has 0 heterocycles. The molecule has 0 saturated carbocycles. The smallest absolute Gasteiger partial charge is 0.417 e. The summed E-state index contributed by atoms with van der Waals surface area (Å²) < 4.78 is 38.3. The van der Waals surface area contributed by atoms with Crippen molar-refractivity contribution >= 4 is 29.2 Å². The molecule has 1 aromatic rings. The molecule has 1 amide bonds. The van der Waals surface area contributed by atoms with Gasteiger partial charge in [0.05, 0.1) is 10.6 Å². The number of anilines is 1. The van der Waals surface area contributed by atoms with Gasteiger partial charge in [-0.1, -0.05) is 11.6 Å². The Labute approximate surface area is 145 Å². The number of alkyl halides is 3. The van der Waals surface area contributed by atoms with Crippen molar-refractivity contribution in [2.75, 3.05) is 11.9 Å². The molecule has 6 nitrogen and oxygen atoms in total. The van der Waals surface area contributed by atoms with Crippen LogP contribution >= 0.6 is 11.6 Å². The Morgan fingerprint density at radius 2 is 2.04 bits per heavy atom. The van der Waals surface area contributed by atoms with Gasteiger partial charge < -0.3 is 15.7 Å². The van der Waals surface area contributed by atoms with E-state index < -0.39 is 28.6 Å². The topological polar surface area (TPSA) is 102 Å². The minimum Gasteiger partial charge on any atom is -0.481 e. The van der Waals surface area contributed by atoms with Crippen LogP contribution in [0.2, 0.25) is 5.02 Å². The van der Waals surface area contributed by atoms with Gasteiger partial charge in [0.1, 0.15) is 11.6 Å². The molecule has 0 aliphatic heterocycles. The zero-order valence-corrected chi connectivity index (χ0v) is 13.4. The second-order valence-corrected chi connectivity index (χ2v) is 5.17. The summed E-state index contributed by atoms with van der Waals surface area (Å²) in [5, 5.41) is 21.7. The maximum Gasteiger partial charge on any atom is 0.417 e. The number of nitrogens with zero attached hydrogens (tertiary/aromatic N) is 1. The molecule has 25 heavy (non-hydrogen) atoms. The van der Waals surface area contributed by atoms with Crippen molar-refractivity contribution in [3.8, 4) is 6.07 Å². The van der Waals surface area contributed by atoms with E-state index in [9.17, 15) is 22.8 Å². The SMILES string of the molecule is N#C/C(=C/NCCCC(=O)O)C(=O)Nc1ccc(Cl)c(C(F)(F)F)c1. The fourth-order valence-corrected chi connectivity index (χ4v) is 1.91. The molecule has 0 saturated heterocycles. The average Bonchev–Trinajstić information content (AvgIpc) is 2.51. The molecule has 0 unspecified atom stereocenters. The molecule has 134 valence electrons. The predicted molar refractivity (Wildman–Crippen MR) is 83.7 cm³/mol. The zero-order chi connectivity index (χ0) is 19.0. The third-order valence-electron chi connectivity index (χ3n) is 2.85. The van der Waals surface area contributed by atoms with Crippen molar-refractivity contribution in [1.29, 1.82) is 5.26 Å². The number of nitriles is 1. The Hall–Kier alpha value is -2.73. The summed E-state index contributed by atoms with van der Waals surface area (Å²) in [6.07, 6.45) is -3.42. The molecular formula is C15H13ClF3N3O3. The standard InChI is InChI=1S/C15H13ClF3N3O3/c16-12-4-3-10(6-11(12)15(17,18)19)22-14(25)9(7-20)8-21-5-1-2-13(23)24/h3-4,6,8,21H,1-2,5H2,(H,22,25)(H,23,24)/b9-8-. The first-order valence-electron chi connectivity index (χ1n) is 6.88. The van der Waals surface area contributed by atoms with Gasteiger partial charge in [-0.15, -0.1) is 0 Å². The Kier molecular flexibility index (Phi) is 7.26. The minimum atomic E-state index is -4.68. The highest BCUT2D eigenvalue weighted by molar-refractivity contribution is 6.31. The van der Waals surface area contributed by atoms with Gasteiger partial charge in [0.25, 0.3) is 5.91 Å². The molecule has 0 atom stereocenters. The minimum absolute atomic E-state index is 0.0834. The lowest BCUT2D eigenvalue weighted by atomic mass is 10.2. The van der Waals surface area contributed by atoms with Crippen molar-refractivity contribution in [3.63, 3.8) is 0 Å². The highest BCUT2D eigenvalue weighted by atomic mass is 35.5. The fraction of sp³-hybridized carbons (Fsp3) is 0.267. The second kappa shape index (κ2) is 8.94. The molecular weight excluding hydrogens is 363 g/mol. The Morgan fingerprint density at radius 1 is 1.36 bits per heavy atom. The lowest BCUT2D eigenvalue weighted by molar-refractivity contribution is -0.138. The number of rotatable bonds is 7. The maximum atomic E-state index is 12.8. The Bertz CT molecular complexity index is 727. The highest BCUT2D eigenvalue weighted by Crippen LogP contribution is 2.36. The maximum absolute atomic E-state index is 12.8. The number of hydrogen-bond donors (Lipinski definition) is 3. The van der Waals surface area contributed by atoms with E-state index in [1.165, 1.54) is 6.07 Å². The summed E-state index contributed by atoms with van der Waals surface area (Å²) in [5.41, 5.74) is -1.66. The molecule has 3 N–H and O–H groups in total. The summed E-state index contributed by atoms with van der Waals surface area (Å²) in [7, 11) is 0. The first kappa shape index (κ1) is 20.3. The molecule has 0 aliphatic carbocycles. The van der Waals surface area contributed by atoms with Gasteiger partial charge >= 0.3 is 12.1 Å². The third-order valence-corrected chi connectivity index (χ3v) is 3.18. The van der Waals surface area contributed by atoms with Crippen LogP contribution in [-0.4, -0.2) is 23.5 Å². The number of carboxylic acid groups (broad SMARTS) is 1. The van der Waals surface area contributed by atoms with Crippen LogP contribution in [0, 0.1) is 11.3 Å². The zero-order valence-electron chi connectivity index (χ0n) is 12.7. The van der Waals surface area contributed by atoms with Crippen molar-refractivity contribution in [3.05, 3.63) is 40.6 Å². The van der Waals surface area contributed by atoms with Crippen LogP contribution in [-0.2, 0) is 15.8 Å². The van der Waals surface area contributed by atoms with Crippen molar-refractivity contribution in [1.82, 2.24) is 5.32 Å². The number of amides is 1. The first-order valence-corrected chi connectivity index (χ1v) is 7.26. The molecule has 10 heteroatoms. The largest absolute Gasteiger partial charge is 0.481 e. The Balaban J connectivity index is 2.76. The molecule has 0 spiro atoms. The number of carbonyl (C=O) groups is 2. The van der Waals surface area contributed by atoms with Gasteiger partial charge in [-0.05, 0) is 24.6 Å². The summed E-state index contributed by atoms with van der Waals surface area (Å²) in [6, 6.07) is 4.42. The van der Waals surface area contributed by atoms with Crippen molar-refractivity contribution in [2.45, 2.75) is 19.0 Å². The quantitative estimate of drug-likeness (QED) is 0.386. The van der Waals surface area contributed by atoms with Gasteiger partial charge in [0.15, 0.2) is 0 Å². The number of hydrogen-bond acceptors (Lipinski definition) is 4. The number of benzene rings is 1. The van der Waals surface area contributed by atoms with Gasteiger partial charge in [-0.3, -0.25) is 9.59 Å². The van der Waals surface area contributed by atoms with E-state index in [4.69, 9.17) is 22.0 Å². The van der Waals surface area contributed by atoms with Gasteiger partial charge in [0, 0.05) is 24.9 Å². The van der Waals surface area contributed by atoms with Crippen LogP contribution in [0.25, 0.3) is 0 Å².